The predicted octanol–water partition coefficient (Wildman–Crippen LogP) is 8.12. The molecule has 2 aromatic heterocycles. The first-order chi connectivity index (χ1) is 17.8. The van der Waals surface area contributed by atoms with E-state index in [-0.39, 0.29) is 11.3 Å². The molecule has 3 rings (SSSR count). The molecule has 0 spiro atoms. The summed E-state index contributed by atoms with van der Waals surface area (Å²) in [4.78, 5) is 20.4. The molecule has 38 heavy (non-hydrogen) atoms. The number of unbranched alkanes of at least 4 members (excludes halogenated alkanes) is 1. The molecule has 0 radical (unpaired) electrons. The van der Waals surface area contributed by atoms with Gasteiger partial charge < -0.3 is 14.6 Å². The van der Waals surface area contributed by atoms with Crippen molar-refractivity contribution in [2.75, 3.05) is 13.1 Å². The van der Waals surface area contributed by atoms with E-state index in [4.69, 9.17) is 21.0 Å². The Kier molecular flexibility index (Phi) is 11.4. The molecule has 7 heteroatoms. The van der Waals surface area contributed by atoms with Crippen LogP contribution >= 0.6 is 20.8 Å². The summed E-state index contributed by atoms with van der Waals surface area (Å²) in [7, 11) is 2.66. The van der Waals surface area contributed by atoms with E-state index in [1.807, 2.05) is 36.9 Å². The molecule has 1 unspecified atom stereocenters. The zero-order valence-corrected chi connectivity index (χ0v) is 26.3. The molecule has 1 N–H and O–H groups in total. The Morgan fingerprint density at radius 3 is 2.29 bits per heavy atom. The molecule has 1 atom stereocenters. The van der Waals surface area contributed by atoms with Gasteiger partial charge in [-0.2, -0.15) is 0 Å². The number of furan rings is 1. The van der Waals surface area contributed by atoms with E-state index < -0.39 is 5.54 Å². The Bertz CT molecular complexity index is 1240. The Morgan fingerprint density at radius 2 is 1.76 bits per heavy atom. The Morgan fingerprint density at radius 1 is 1.11 bits per heavy atom. The van der Waals surface area contributed by atoms with Gasteiger partial charge in [0.05, 0.1) is 11.2 Å². The van der Waals surface area contributed by atoms with Crippen LogP contribution < -0.4 is 10.6 Å². The van der Waals surface area contributed by atoms with Crippen molar-refractivity contribution in [3.8, 4) is 11.3 Å². The van der Waals surface area contributed by atoms with E-state index >= 15 is 0 Å². The highest BCUT2D eigenvalue weighted by Crippen LogP contribution is 2.35. The molecule has 1 amide bonds. The van der Waals surface area contributed by atoms with Crippen molar-refractivity contribution in [1.82, 2.24) is 15.2 Å². The number of hydrogen-bond acceptors (Lipinski definition) is 4. The number of aromatic nitrogens is 1. The van der Waals surface area contributed by atoms with E-state index in [1.54, 1.807) is 12.3 Å². The van der Waals surface area contributed by atoms with Crippen LogP contribution in [0, 0.1) is 0 Å². The SMILES string of the molecule is C=CNCC(C)(C)N(CCC)C(=O)c1cc2nc(-c3ccc(Cl)c(P)c3)cc(C(C)(C)C)c2o1.CCCC. The van der Waals surface area contributed by atoms with E-state index in [2.05, 4.69) is 68.7 Å². The van der Waals surface area contributed by atoms with Crippen LogP contribution in [0.15, 0.2) is 47.5 Å². The van der Waals surface area contributed by atoms with Crippen LogP contribution in [0.1, 0.15) is 90.8 Å². The summed E-state index contributed by atoms with van der Waals surface area (Å²) >= 11 is 6.22. The maximum Gasteiger partial charge on any atom is 0.290 e. The molecule has 0 saturated carbocycles. The molecule has 5 nitrogen and oxygen atoms in total. The number of carbonyl (C=O) groups is 1. The molecule has 0 aliphatic heterocycles. The minimum absolute atomic E-state index is 0.143. The minimum atomic E-state index is -0.426. The molecule has 0 aliphatic rings. The summed E-state index contributed by atoms with van der Waals surface area (Å²) in [5, 5.41) is 4.74. The van der Waals surface area contributed by atoms with Crippen molar-refractivity contribution in [2.24, 2.45) is 0 Å². The Hall–Kier alpha value is -2.36. The molecule has 0 fully saturated rings. The zero-order chi connectivity index (χ0) is 28.7. The lowest BCUT2D eigenvalue weighted by Crippen LogP contribution is -2.53. The van der Waals surface area contributed by atoms with E-state index in [0.717, 1.165) is 28.5 Å². The highest BCUT2D eigenvalue weighted by molar-refractivity contribution is 7.28. The lowest BCUT2D eigenvalue weighted by Gasteiger charge is -2.38. The number of nitrogens with one attached hydrogen (secondary N) is 1. The molecule has 0 saturated heterocycles. The fourth-order valence-electron chi connectivity index (χ4n) is 3.99. The van der Waals surface area contributed by atoms with Gasteiger partial charge in [0.25, 0.3) is 5.91 Å². The highest BCUT2D eigenvalue weighted by atomic mass is 35.5. The standard InChI is InChI=1S/C27H35ClN3O2P.C4H10/c1-8-12-31(27(6,7)16-29-9-2)25(32)22-15-21-24(33-22)18(26(3,4)5)14-20(30-21)17-10-11-19(28)23(34)13-17;1-3-4-2/h9-11,13-15,29H,2,8,12,16,34H2,1,3-7H3;3-4H2,1-2H3. The fraction of sp³-hybridized carbons (Fsp3) is 0.484. The van der Waals surface area contributed by atoms with Crippen LogP contribution in [-0.2, 0) is 5.41 Å². The minimum Gasteiger partial charge on any atom is -0.449 e. The molecule has 0 aliphatic carbocycles. The molecule has 1 aromatic carbocycles. The normalized spacial score (nSPS) is 11.6. The van der Waals surface area contributed by atoms with Gasteiger partial charge in [-0.05, 0) is 55.4 Å². The number of hydrogen-bond donors (Lipinski definition) is 1. The average Bonchev–Trinajstić information content (AvgIpc) is 3.30. The van der Waals surface area contributed by atoms with Crippen LogP contribution in [0.25, 0.3) is 22.4 Å². The van der Waals surface area contributed by atoms with Gasteiger partial charge in [0.2, 0.25) is 0 Å². The van der Waals surface area contributed by atoms with Crippen LogP contribution in [0.2, 0.25) is 5.02 Å². The van der Waals surface area contributed by atoms with Crippen molar-refractivity contribution in [3.63, 3.8) is 0 Å². The molecule has 208 valence electrons. The summed E-state index contributed by atoms with van der Waals surface area (Å²) in [6, 6.07) is 9.65. The monoisotopic (exact) mass is 557 g/mol. The van der Waals surface area contributed by atoms with Crippen molar-refractivity contribution in [2.45, 2.75) is 85.6 Å². The van der Waals surface area contributed by atoms with Crippen molar-refractivity contribution < 1.29 is 9.21 Å². The topological polar surface area (TPSA) is 58.4 Å². The summed E-state index contributed by atoms with van der Waals surface area (Å²) in [6.07, 6.45) is 5.13. The first-order valence-electron chi connectivity index (χ1n) is 13.5. The maximum absolute atomic E-state index is 13.6. The Labute approximate surface area is 236 Å². The lowest BCUT2D eigenvalue weighted by molar-refractivity contribution is 0.0522. The number of rotatable bonds is 9. The van der Waals surface area contributed by atoms with Gasteiger partial charge in [0.1, 0.15) is 5.52 Å². The second kappa shape index (κ2) is 13.6. The van der Waals surface area contributed by atoms with Crippen LogP contribution in [0.4, 0.5) is 0 Å². The number of pyridine rings is 1. The van der Waals surface area contributed by atoms with Gasteiger partial charge in [-0.25, -0.2) is 4.98 Å². The predicted molar refractivity (Wildman–Crippen MR) is 167 cm³/mol. The van der Waals surface area contributed by atoms with Crippen LogP contribution in [-0.4, -0.2) is 34.4 Å². The second-order valence-corrected chi connectivity index (χ2v) is 12.2. The zero-order valence-electron chi connectivity index (χ0n) is 24.4. The Balaban J connectivity index is 0.00000118. The van der Waals surface area contributed by atoms with Crippen molar-refractivity contribution in [3.05, 3.63) is 59.5 Å². The van der Waals surface area contributed by atoms with Crippen molar-refractivity contribution in [1.29, 1.82) is 0 Å². The average molecular weight is 558 g/mol. The van der Waals surface area contributed by atoms with Crippen molar-refractivity contribution >= 4 is 43.2 Å². The summed E-state index contributed by atoms with van der Waals surface area (Å²) in [5.74, 6) is 0.156. The number of fused-ring (bicyclic) bond motifs is 1. The summed E-state index contributed by atoms with van der Waals surface area (Å²) < 4.78 is 6.23. The summed E-state index contributed by atoms with van der Waals surface area (Å²) in [6.45, 7) is 21.8. The van der Waals surface area contributed by atoms with Gasteiger partial charge in [0.15, 0.2) is 11.3 Å². The molecular weight excluding hydrogens is 513 g/mol. The largest absolute Gasteiger partial charge is 0.449 e. The second-order valence-electron chi connectivity index (χ2n) is 11.2. The quantitative estimate of drug-likeness (QED) is 0.270. The van der Waals surface area contributed by atoms with Gasteiger partial charge >= 0.3 is 0 Å². The maximum atomic E-state index is 13.6. The van der Waals surface area contributed by atoms with Gasteiger partial charge in [-0.1, -0.05) is 78.6 Å². The number of amides is 1. The van der Waals surface area contributed by atoms with Crippen LogP contribution in [0.5, 0.6) is 0 Å². The number of halogens is 1. The van der Waals surface area contributed by atoms with Crippen LogP contribution in [0.3, 0.4) is 0 Å². The molecule has 0 bridgehead atoms. The third-order valence-electron chi connectivity index (χ3n) is 6.39. The van der Waals surface area contributed by atoms with E-state index in [9.17, 15) is 4.79 Å². The first kappa shape index (κ1) is 31.9. The molecular formula is C31H45ClN3O2P. The molecule has 2 heterocycles. The van der Waals surface area contributed by atoms with Gasteiger partial charge in [-0.3, -0.25) is 4.79 Å². The third-order valence-corrected chi connectivity index (χ3v) is 7.40. The summed E-state index contributed by atoms with van der Waals surface area (Å²) in [5.41, 5.74) is 3.47. The smallest absolute Gasteiger partial charge is 0.290 e. The lowest BCUT2D eigenvalue weighted by atomic mass is 9.86. The van der Waals surface area contributed by atoms with E-state index in [1.165, 1.54) is 12.8 Å². The third kappa shape index (κ3) is 7.83. The van der Waals surface area contributed by atoms with Gasteiger partial charge in [0, 0.05) is 35.3 Å². The molecule has 3 aromatic rings. The number of carbonyl (C=O) groups excluding carboxylic acids is 1. The van der Waals surface area contributed by atoms with E-state index in [0.29, 0.717) is 35.0 Å². The highest BCUT2D eigenvalue weighted by Gasteiger charge is 2.33. The number of benzene rings is 1. The fourth-order valence-corrected chi connectivity index (χ4v) is 4.38. The first-order valence-corrected chi connectivity index (χ1v) is 14.4. The number of nitrogens with zero attached hydrogens (tertiary/aromatic N) is 2. The van der Waals surface area contributed by atoms with Gasteiger partial charge in [-0.15, -0.1) is 9.24 Å².